The van der Waals surface area contributed by atoms with E-state index in [1.165, 1.54) is 0 Å². The van der Waals surface area contributed by atoms with E-state index in [1.807, 2.05) is 24.9 Å². The highest BCUT2D eigenvalue weighted by Crippen LogP contribution is 2.25. The standard InChI is InChI=1S/C10H19N3/c1-8(11)5-10(2,3)9-6-13(4)7-12-9/h6-8H,5,11H2,1-4H3. The first-order valence-corrected chi connectivity index (χ1v) is 4.66. The summed E-state index contributed by atoms with van der Waals surface area (Å²) in [6.07, 6.45) is 4.85. The van der Waals surface area contributed by atoms with Crippen LogP contribution in [0.25, 0.3) is 0 Å². The Kier molecular flexibility index (Phi) is 2.76. The first-order valence-electron chi connectivity index (χ1n) is 4.66. The molecule has 3 nitrogen and oxygen atoms in total. The molecule has 1 atom stereocenters. The molecular formula is C10H19N3. The molecule has 0 aliphatic carbocycles. The van der Waals surface area contributed by atoms with E-state index >= 15 is 0 Å². The van der Waals surface area contributed by atoms with Gasteiger partial charge in [0.25, 0.3) is 0 Å². The Bertz CT molecular complexity index is 273. The van der Waals surface area contributed by atoms with Crippen molar-refractivity contribution in [2.75, 3.05) is 0 Å². The van der Waals surface area contributed by atoms with Crippen LogP contribution in [0.5, 0.6) is 0 Å². The molecule has 1 heterocycles. The monoisotopic (exact) mass is 181 g/mol. The largest absolute Gasteiger partial charge is 0.340 e. The summed E-state index contributed by atoms with van der Waals surface area (Å²) in [5.41, 5.74) is 6.98. The minimum atomic E-state index is 0.0788. The molecule has 0 radical (unpaired) electrons. The normalized spacial score (nSPS) is 14.5. The second kappa shape index (κ2) is 3.50. The third kappa shape index (κ3) is 2.56. The molecule has 1 aromatic heterocycles. The van der Waals surface area contributed by atoms with Gasteiger partial charge < -0.3 is 10.3 Å². The fourth-order valence-electron chi connectivity index (χ4n) is 1.67. The van der Waals surface area contributed by atoms with Crippen molar-refractivity contribution in [3.05, 3.63) is 18.2 Å². The molecule has 0 spiro atoms. The number of imidazole rings is 1. The van der Waals surface area contributed by atoms with Crippen LogP contribution in [0, 0.1) is 0 Å². The molecule has 1 unspecified atom stereocenters. The number of nitrogens with zero attached hydrogens (tertiary/aromatic N) is 2. The molecule has 0 fully saturated rings. The van der Waals surface area contributed by atoms with E-state index in [1.54, 1.807) is 0 Å². The average Bonchev–Trinajstić information content (AvgIpc) is 2.32. The molecule has 0 aliphatic rings. The molecule has 0 bridgehead atoms. The van der Waals surface area contributed by atoms with Crippen LogP contribution in [0.3, 0.4) is 0 Å². The van der Waals surface area contributed by atoms with Gasteiger partial charge in [-0.05, 0) is 13.3 Å². The van der Waals surface area contributed by atoms with Gasteiger partial charge in [0, 0.05) is 24.7 Å². The van der Waals surface area contributed by atoms with Gasteiger partial charge in [0.1, 0.15) is 0 Å². The van der Waals surface area contributed by atoms with Gasteiger partial charge in [-0.15, -0.1) is 0 Å². The predicted octanol–water partition coefficient (Wildman–Crippen LogP) is 1.44. The molecule has 1 rings (SSSR count). The van der Waals surface area contributed by atoms with E-state index < -0.39 is 0 Å². The smallest absolute Gasteiger partial charge is 0.0947 e. The van der Waals surface area contributed by atoms with E-state index in [0.717, 1.165) is 12.1 Å². The van der Waals surface area contributed by atoms with E-state index in [0.29, 0.717) is 0 Å². The van der Waals surface area contributed by atoms with Crippen LogP contribution in [0.2, 0.25) is 0 Å². The molecule has 3 heteroatoms. The van der Waals surface area contributed by atoms with Crippen LogP contribution < -0.4 is 5.73 Å². The second-order valence-electron chi connectivity index (χ2n) is 4.49. The third-order valence-corrected chi connectivity index (χ3v) is 2.23. The van der Waals surface area contributed by atoms with Crippen LogP contribution in [0.1, 0.15) is 32.9 Å². The van der Waals surface area contributed by atoms with Crippen molar-refractivity contribution < 1.29 is 0 Å². The maximum Gasteiger partial charge on any atom is 0.0947 e. The molecule has 2 N–H and O–H groups in total. The van der Waals surface area contributed by atoms with Crippen molar-refractivity contribution in [1.29, 1.82) is 0 Å². The summed E-state index contributed by atoms with van der Waals surface area (Å²) < 4.78 is 1.97. The number of hydrogen-bond acceptors (Lipinski definition) is 2. The summed E-state index contributed by atoms with van der Waals surface area (Å²) in [5, 5.41) is 0. The SMILES string of the molecule is CC(N)CC(C)(C)c1cn(C)cn1. The van der Waals surface area contributed by atoms with E-state index in [9.17, 15) is 0 Å². The van der Waals surface area contributed by atoms with Gasteiger partial charge in [-0.2, -0.15) is 0 Å². The maximum atomic E-state index is 5.79. The van der Waals surface area contributed by atoms with Crippen molar-refractivity contribution in [2.24, 2.45) is 12.8 Å². The minimum absolute atomic E-state index is 0.0788. The average molecular weight is 181 g/mol. The lowest BCUT2D eigenvalue weighted by Crippen LogP contribution is -2.28. The molecular weight excluding hydrogens is 162 g/mol. The fourth-order valence-corrected chi connectivity index (χ4v) is 1.67. The zero-order chi connectivity index (χ0) is 10.1. The van der Waals surface area contributed by atoms with Gasteiger partial charge in [-0.1, -0.05) is 13.8 Å². The molecule has 13 heavy (non-hydrogen) atoms. The first-order chi connectivity index (χ1) is 5.92. The number of rotatable bonds is 3. The van der Waals surface area contributed by atoms with Crippen LogP contribution >= 0.6 is 0 Å². The van der Waals surface area contributed by atoms with Gasteiger partial charge in [-0.25, -0.2) is 4.98 Å². The summed E-state index contributed by atoms with van der Waals surface area (Å²) in [5.74, 6) is 0. The number of nitrogens with two attached hydrogens (primary N) is 1. The zero-order valence-corrected chi connectivity index (χ0v) is 8.91. The Morgan fingerprint density at radius 1 is 1.62 bits per heavy atom. The number of hydrogen-bond donors (Lipinski definition) is 1. The predicted molar refractivity (Wildman–Crippen MR) is 54.5 cm³/mol. The van der Waals surface area contributed by atoms with E-state index in [2.05, 4.69) is 25.0 Å². The van der Waals surface area contributed by atoms with Crippen molar-refractivity contribution in [3.8, 4) is 0 Å². The Morgan fingerprint density at radius 2 is 2.23 bits per heavy atom. The molecule has 74 valence electrons. The zero-order valence-electron chi connectivity index (χ0n) is 8.91. The third-order valence-electron chi connectivity index (χ3n) is 2.23. The second-order valence-corrected chi connectivity index (χ2v) is 4.49. The van der Waals surface area contributed by atoms with Gasteiger partial charge in [-0.3, -0.25) is 0 Å². The Hall–Kier alpha value is -0.830. The molecule has 0 saturated heterocycles. The van der Waals surface area contributed by atoms with Crippen LogP contribution in [-0.2, 0) is 12.5 Å². The lowest BCUT2D eigenvalue weighted by atomic mass is 9.83. The van der Waals surface area contributed by atoms with Crippen LogP contribution in [0.15, 0.2) is 12.5 Å². The highest BCUT2D eigenvalue weighted by molar-refractivity contribution is 5.11. The molecule has 0 saturated carbocycles. The topological polar surface area (TPSA) is 43.8 Å². The van der Waals surface area contributed by atoms with Crippen molar-refractivity contribution in [1.82, 2.24) is 9.55 Å². The van der Waals surface area contributed by atoms with Gasteiger partial charge in [0.15, 0.2) is 0 Å². The van der Waals surface area contributed by atoms with E-state index in [-0.39, 0.29) is 11.5 Å². The molecule has 1 aromatic rings. The van der Waals surface area contributed by atoms with Gasteiger partial charge in [0.2, 0.25) is 0 Å². The van der Waals surface area contributed by atoms with Crippen LogP contribution in [0.4, 0.5) is 0 Å². The van der Waals surface area contributed by atoms with E-state index in [4.69, 9.17) is 5.73 Å². The number of aromatic nitrogens is 2. The minimum Gasteiger partial charge on any atom is -0.340 e. The summed E-state index contributed by atoms with van der Waals surface area (Å²) >= 11 is 0. The van der Waals surface area contributed by atoms with Gasteiger partial charge >= 0.3 is 0 Å². The summed E-state index contributed by atoms with van der Waals surface area (Å²) in [6, 6.07) is 0.219. The lowest BCUT2D eigenvalue weighted by Gasteiger charge is -2.24. The first kappa shape index (κ1) is 10.3. The highest BCUT2D eigenvalue weighted by atomic mass is 15.0. The Morgan fingerprint density at radius 3 is 2.62 bits per heavy atom. The lowest BCUT2D eigenvalue weighted by molar-refractivity contribution is 0.427. The fraction of sp³-hybridized carbons (Fsp3) is 0.700. The Labute approximate surface area is 80.0 Å². The van der Waals surface area contributed by atoms with Crippen molar-refractivity contribution in [2.45, 2.75) is 38.6 Å². The molecule has 0 aromatic carbocycles. The summed E-state index contributed by atoms with van der Waals surface area (Å²) in [7, 11) is 1.98. The summed E-state index contributed by atoms with van der Waals surface area (Å²) in [6.45, 7) is 6.39. The quantitative estimate of drug-likeness (QED) is 0.766. The molecule has 0 aliphatic heterocycles. The number of aryl methyl sites for hydroxylation is 1. The van der Waals surface area contributed by atoms with Gasteiger partial charge in [0.05, 0.1) is 12.0 Å². The van der Waals surface area contributed by atoms with Crippen LogP contribution in [-0.4, -0.2) is 15.6 Å². The Balaban J connectivity index is 2.80. The highest BCUT2D eigenvalue weighted by Gasteiger charge is 2.24. The maximum absolute atomic E-state index is 5.79. The summed E-state index contributed by atoms with van der Waals surface area (Å²) in [4.78, 5) is 4.35. The van der Waals surface area contributed by atoms with Crippen molar-refractivity contribution in [3.63, 3.8) is 0 Å². The van der Waals surface area contributed by atoms with Crippen molar-refractivity contribution >= 4 is 0 Å². The molecule has 0 amide bonds.